The Morgan fingerprint density at radius 3 is 2.78 bits per heavy atom. The van der Waals surface area contributed by atoms with E-state index in [4.69, 9.17) is 28.5 Å². The van der Waals surface area contributed by atoms with Gasteiger partial charge in [-0.15, -0.1) is 6.42 Å². The maximum atomic E-state index is 9.38. The molecule has 2 radical (unpaired) electrons. The molecule has 0 amide bonds. The summed E-state index contributed by atoms with van der Waals surface area (Å²) in [6.07, 6.45) is 8.09. The Hall–Kier alpha value is -0.551. The molecule has 3 rings (SSSR count). The first-order valence-corrected chi connectivity index (χ1v) is 6.48. The molecule has 23 heavy (non-hydrogen) atoms. The second-order valence-corrected chi connectivity index (χ2v) is 5.05. The van der Waals surface area contributed by atoms with E-state index in [1.165, 1.54) is 0 Å². The number of halogens is 1. The van der Waals surface area contributed by atoms with Crippen molar-refractivity contribution < 1.29 is 55.5 Å². The van der Waals surface area contributed by atoms with Gasteiger partial charge in [0.1, 0.15) is 17.2 Å². The van der Waals surface area contributed by atoms with Crippen molar-refractivity contribution in [2.24, 2.45) is 0 Å². The van der Waals surface area contributed by atoms with Crippen LogP contribution in [0.2, 0.25) is 5.28 Å². The summed E-state index contributed by atoms with van der Waals surface area (Å²) in [4.78, 5) is 7.94. The van der Waals surface area contributed by atoms with Crippen LogP contribution in [0, 0.1) is 12.3 Å². The molecule has 2 aromatic heterocycles. The van der Waals surface area contributed by atoms with E-state index in [0.717, 1.165) is 0 Å². The monoisotopic (exact) mass is 695 g/mol. The van der Waals surface area contributed by atoms with Crippen LogP contribution in [0.15, 0.2) is 12.3 Å². The molecule has 0 aliphatic carbocycles. The largest absolute Gasteiger partial charge is 0.481 e. The van der Waals surface area contributed by atoms with Crippen molar-refractivity contribution in [3.8, 4) is 12.3 Å². The second-order valence-electron chi connectivity index (χ2n) is 4.71. The Labute approximate surface area is 165 Å². The molecular formula is C13H14ClIr2N4O3-. The minimum atomic E-state index is -0.943. The summed E-state index contributed by atoms with van der Waals surface area (Å²) in [7, 11) is 0. The van der Waals surface area contributed by atoms with Crippen molar-refractivity contribution in [3.63, 3.8) is 0 Å². The number of aliphatic hydroxyl groups is 1. The SMILES string of the molecule is C#CC1(CO)CCC(n2ccc3c([NH-])nc(Cl)nc32)O1.O.[Ir].[Ir]. The van der Waals surface area contributed by atoms with Gasteiger partial charge in [-0.3, -0.25) is 0 Å². The van der Waals surface area contributed by atoms with E-state index < -0.39 is 5.60 Å². The molecule has 1 saturated heterocycles. The van der Waals surface area contributed by atoms with Crippen LogP contribution in [0.5, 0.6) is 0 Å². The van der Waals surface area contributed by atoms with Gasteiger partial charge in [0.2, 0.25) is 0 Å². The van der Waals surface area contributed by atoms with Gasteiger partial charge in [-0.1, -0.05) is 23.3 Å². The molecule has 1 fully saturated rings. The molecule has 0 saturated carbocycles. The van der Waals surface area contributed by atoms with E-state index in [2.05, 4.69) is 15.9 Å². The Bertz CT molecular complexity index is 721. The van der Waals surface area contributed by atoms with E-state index >= 15 is 0 Å². The maximum Gasteiger partial charge on any atom is 0.153 e. The van der Waals surface area contributed by atoms with Crippen LogP contribution >= 0.6 is 11.6 Å². The molecule has 2 atom stereocenters. The van der Waals surface area contributed by atoms with Gasteiger partial charge < -0.3 is 30.6 Å². The van der Waals surface area contributed by atoms with Crippen LogP contribution in [-0.4, -0.2) is 37.3 Å². The van der Waals surface area contributed by atoms with Gasteiger partial charge in [-0.05, 0) is 18.9 Å². The van der Waals surface area contributed by atoms with Gasteiger partial charge in [-0.25, -0.2) is 4.98 Å². The Kier molecular flexibility index (Phi) is 8.31. The van der Waals surface area contributed by atoms with E-state index in [0.29, 0.717) is 23.9 Å². The number of ether oxygens (including phenoxy) is 1. The summed E-state index contributed by atoms with van der Waals surface area (Å²) < 4.78 is 7.57. The van der Waals surface area contributed by atoms with Crippen molar-refractivity contribution >= 4 is 28.5 Å². The number of terminal acetylenes is 1. The molecule has 0 bridgehead atoms. The average Bonchev–Trinajstić information content (AvgIpc) is 3.02. The van der Waals surface area contributed by atoms with Crippen molar-refractivity contribution in [2.45, 2.75) is 24.7 Å². The van der Waals surface area contributed by atoms with E-state index in [1.54, 1.807) is 16.8 Å². The zero-order chi connectivity index (χ0) is 14.3. The molecule has 1 aliphatic heterocycles. The molecule has 10 heteroatoms. The number of hydrogen-bond donors (Lipinski definition) is 1. The maximum absolute atomic E-state index is 9.38. The topological polar surface area (TPSA) is 115 Å². The number of fused-ring (bicyclic) bond motifs is 1. The number of aromatic nitrogens is 3. The number of nitrogens with one attached hydrogen (secondary N) is 1. The summed E-state index contributed by atoms with van der Waals surface area (Å²) in [5, 5.41) is 10.00. The van der Waals surface area contributed by atoms with Gasteiger partial charge >= 0.3 is 0 Å². The number of nitrogens with zero attached hydrogens (tertiary/aromatic N) is 3. The molecule has 130 valence electrons. The molecule has 1 aliphatic rings. The first kappa shape index (κ1) is 22.4. The summed E-state index contributed by atoms with van der Waals surface area (Å²) in [6.45, 7) is -0.224. The van der Waals surface area contributed by atoms with Crippen LogP contribution in [-0.2, 0) is 44.9 Å². The molecule has 2 aromatic rings. The molecular weight excluding hydrogens is 680 g/mol. The van der Waals surface area contributed by atoms with Crippen molar-refractivity contribution in [1.29, 1.82) is 0 Å². The summed E-state index contributed by atoms with van der Waals surface area (Å²) >= 11 is 5.80. The van der Waals surface area contributed by atoms with E-state index in [-0.39, 0.29) is 69.6 Å². The second kappa shape index (κ2) is 8.52. The zero-order valence-corrected chi connectivity index (χ0v) is 17.2. The minimum absolute atomic E-state index is 0. The molecule has 4 N–H and O–H groups in total. The molecule has 0 spiro atoms. The predicted octanol–water partition coefficient (Wildman–Crippen LogP) is 1.61. The van der Waals surface area contributed by atoms with Gasteiger partial charge in [0.05, 0.1) is 6.61 Å². The standard InChI is InChI=1S/C13H12ClN4O2.2Ir.H2O/c1-2-13(7-19)5-3-9(20-13)18-6-4-8-10(15)16-12(14)17-11(8)18;;;/h1,4,6,9,19H,3,5,7H2,(H-,15,16,17);;;1H2/q-1;;;. The third-order valence-electron chi connectivity index (χ3n) is 3.53. The molecule has 0 aromatic carbocycles. The quantitative estimate of drug-likeness (QED) is 0.380. The Morgan fingerprint density at radius 1 is 1.52 bits per heavy atom. The third kappa shape index (κ3) is 3.93. The van der Waals surface area contributed by atoms with Crippen molar-refractivity contribution in [3.05, 3.63) is 23.3 Å². The van der Waals surface area contributed by atoms with Crippen LogP contribution < -0.4 is 0 Å². The molecule has 3 heterocycles. The van der Waals surface area contributed by atoms with E-state index in [1.807, 2.05) is 0 Å². The third-order valence-corrected chi connectivity index (χ3v) is 3.70. The smallest absolute Gasteiger partial charge is 0.153 e. The average molecular weight is 694 g/mol. The predicted molar refractivity (Wildman–Crippen MR) is 78.1 cm³/mol. The van der Waals surface area contributed by atoms with Crippen LogP contribution in [0.25, 0.3) is 16.8 Å². The minimum Gasteiger partial charge on any atom is -0.481 e. The van der Waals surface area contributed by atoms with Gasteiger partial charge in [0.15, 0.2) is 5.60 Å². The van der Waals surface area contributed by atoms with Gasteiger partial charge in [0.25, 0.3) is 0 Å². The van der Waals surface area contributed by atoms with E-state index in [9.17, 15) is 5.11 Å². The van der Waals surface area contributed by atoms with Crippen molar-refractivity contribution in [1.82, 2.24) is 14.5 Å². The zero-order valence-electron chi connectivity index (χ0n) is 11.7. The first-order chi connectivity index (χ1) is 9.58. The first-order valence-electron chi connectivity index (χ1n) is 6.11. The fraction of sp³-hybridized carbons (Fsp3) is 0.385. The summed E-state index contributed by atoms with van der Waals surface area (Å²) in [6, 6.07) is 1.74. The van der Waals surface area contributed by atoms with Crippen LogP contribution in [0.4, 0.5) is 5.82 Å². The number of aliphatic hydroxyl groups excluding tert-OH is 1. The fourth-order valence-corrected chi connectivity index (χ4v) is 2.60. The van der Waals surface area contributed by atoms with Crippen molar-refractivity contribution in [2.75, 3.05) is 6.61 Å². The Morgan fingerprint density at radius 2 is 2.22 bits per heavy atom. The number of rotatable bonds is 2. The Balaban J connectivity index is 0.00000161. The molecule has 7 nitrogen and oxygen atoms in total. The van der Waals surface area contributed by atoms with Gasteiger partial charge in [-0.2, -0.15) is 0 Å². The fourth-order valence-electron chi connectivity index (χ4n) is 2.44. The van der Waals surface area contributed by atoms with Crippen LogP contribution in [0.3, 0.4) is 0 Å². The molecule has 2 unspecified atom stereocenters. The normalized spacial score (nSPS) is 22.6. The van der Waals surface area contributed by atoms with Gasteiger partial charge in [0, 0.05) is 51.8 Å². The number of hydrogen-bond acceptors (Lipinski definition) is 4. The summed E-state index contributed by atoms with van der Waals surface area (Å²) in [5.41, 5.74) is 7.37. The van der Waals surface area contributed by atoms with Crippen LogP contribution in [0.1, 0.15) is 19.1 Å². The summed E-state index contributed by atoms with van der Waals surface area (Å²) in [5.74, 6) is 2.58.